The van der Waals surface area contributed by atoms with Crippen molar-refractivity contribution >= 4 is 16.9 Å². The van der Waals surface area contributed by atoms with Crippen molar-refractivity contribution in [1.82, 2.24) is 14.9 Å². The quantitative estimate of drug-likeness (QED) is 0.474. The maximum Gasteiger partial charge on any atom is 0.251 e. The smallest absolute Gasteiger partial charge is 0.251 e. The van der Waals surface area contributed by atoms with Crippen molar-refractivity contribution < 1.29 is 9.90 Å². The fraction of sp³-hybridized carbons (Fsp3) is 0.259. The van der Waals surface area contributed by atoms with Crippen LogP contribution in [0.15, 0.2) is 78.9 Å². The fourth-order valence-electron chi connectivity index (χ4n) is 4.47. The minimum Gasteiger partial charge on any atom is -0.373 e. The minimum atomic E-state index is -1.42. The van der Waals surface area contributed by atoms with Crippen LogP contribution in [0.2, 0.25) is 0 Å². The molecule has 1 saturated carbocycles. The molecule has 5 rings (SSSR count). The standard InChI is InChI=1S/C27H27N3O2/c1-2-30-24-18-19(25(31)28-22-14-9-15-22)16-17-23(24)29-26(30)27(32,20-10-5-3-6-11-20)21-12-7-4-8-13-21/h3-8,10-13,16-18,22,32H,2,9,14-15H2,1H3,(H,28,31). The number of fused-ring (bicyclic) bond motifs is 1. The van der Waals surface area contributed by atoms with Crippen LogP contribution in [0.4, 0.5) is 0 Å². The molecular weight excluding hydrogens is 398 g/mol. The zero-order valence-electron chi connectivity index (χ0n) is 18.2. The highest BCUT2D eigenvalue weighted by Gasteiger charge is 2.38. The lowest BCUT2D eigenvalue weighted by atomic mass is 9.85. The molecule has 32 heavy (non-hydrogen) atoms. The van der Waals surface area contributed by atoms with Crippen molar-refractivity contribution in [3.63, 3.8) is 0 Å². The SMILES string of the molecule is CCn1c(C(O)(c2ccccc2)c2ccccc2)nc2ccc(C(=O)NC3CCC3)cc21. The second-order valence-electron chi connectivity index (χ2n) is 8.43. The van der Waals surface area contributed by atoms with Crippen molar-refractivity contribution in [3.8, 4) is 0 Å². The van der Waals surface area contributed by atoms with Crippen molar-refractivity contribution in [1.29, 1.82) is 0 Å². The van der Waals surface area contributed by atoms with Crippen LogP contribution in [-0.2, 0) is 12.1 Å². The largest absolute Gasteiger partial charge is 0.373 e. The zero-order chi connectivity index (χ0) is 22.1. The average Bonchev–Trinajstić information content (AvgIpc) is 3.20. The molecular formula is C27H27N3O2. The predicted molar refractivity (Wildman–Crippen MR) is 125 cm³/mol. The summed E-state index contributed by atoms with van der Waals surface area (Å²) in [5.41, 5.74) is 2.29. The van der Waals surface area contributed by atoms with Gasteiger partial charge in [-0.15, -0.1) is 0 Å². The molecule has 1 aromatic heterocycles. The number of rotatable bonds is 6. The van der Waals surface area contributed by atoms with Gasteiger partial charge < -0.3 is 15.0 Å². The Bertz CT molecular complexity index is 1200. The Morgan fingerprint density at radius 3 is 2.19 bits per heavy atom. The van der Waals surface area contributed by atoms with Gasteiger partial charge in [0.2, 0.25) is 0 Å². The van der Waals surface area contributed by atoms with E-state index in [2.05, 4.69) is 5.32 Å². The van der Waals surface area contributed by atoms with E-state index in [-0.39, 0.29) is 11.9 Å². The number of nitrogens with one attached hydrogen (secondary N) is 1. The van der Waals surface area contributed by atoms with E-state index < -0.39 is 5.60 Å². The molecule has 0 saturated heterocycles. The molecule has 0 atom stereocenters. The highest BCUT2D eigenvalue weighted by molar-refractivity contribution is 5.97. The molecule has 4 aromatic rings. The zero-order valence-corrected chi connectivity index (χ0v) is 18.2. The topological polar surface area (TPSA) is 67.1 Å². The van der Waals surface area contributed by atoms with Gasteiger partial charge in [0, 0.05) is 18.2 Å². The Morgan fingerprint density at radius 2 is 1.66 bits per heavy atom. The molecule has 0 radical (unpaired) electrons. The van der Waals surface area contributed by atoms with Gasteiger partial charge in [-0.2, -0.15) is 0 Å². The summed E-state index contributed by atoms with van der Waals surface area (Å²) in [7, 11) is 0. The molecule has 0 unspecified atom stereocenters. The molecule has 0 spiro atoms. The molecule has 162 valence electrons. The molecule has 3 aromatic carbocycles. The minimum absolute atomic E-state index is 0.0524. The predicted octanol–water partition coefficient (Wildman–Crippen LogP) is 4.62. The van der Waals surface area contributed by atoms with Crippen LogP contribution in [0.3, 0.4) is 0 Å². The van der Waals surface area contributed by atoms with Gasteiger partial charge in [-0.05, 0) is 55.5 Å². The van der Waals surface area contributed by atoms with E-state index in [0.717, 1.165) is 35.0 Å². The second kappa shape index (κ2) is 8.24. The Balaban J connectivity index is 1.66. The highest BCUT2D eigenvalue weighted by atomic mass is 16.3. The first-order valence-corrected chi connectivity index (χ1v) is 11.3. The lowest BCUT2D eigenvalue weighted by Crippen LogP contribution is -2.39. The third-order valence-electron chi connectivity index (χ3n) is 6.47. The monoisotopic (exact) mass is 425 g/mol. The molecule has 1 heterocycles. The number of carbonyl (C=O) groups is 1. The summed E-state index contributed by atoms with van der Waals surface area (Å²) in [6, 6.07) is 25.1. The van der Waals surface area contributed by atoms with Crippen LogP contribution < -0.4 is 5.32 Å². The van der Waals surface area contributed by atoms with Crippen LogP contribution in [0.1, 0.15) is 53.5 Å². The lowest BCUT2D eigenvalue weighted by Gasteiger charge is -2.29. The van der Waals surface area contributed by atoms with Crippen LogP contribution >= 0.6 is 0 Å². The van der Waals surface area contributed by atoms with Crippen LogP contribution in [0.25, 0.3) is 11.0 Å². The normalized spacial score (nSPS) is 14.3. The summed E-state index contributed by atoms with van der Waals surface area (Å²) in [6.07, 6.45) is 3.27. The number of aryl methyl sites for hydroxylation is 1. The Morgan fingerprint density at radius 1 is 1.03 bits per heavy atom. The van der Waals surface area contributed by atoms with Gasteiger partial charge in [-0.1, -0.05) is 60.7 Å². The Hall–Kier alpha value is -3.44. The third-order valence-corrected chi connectivity index (χ3v) is 6.47. The molecule has 1 aliphatic carbocycles. The van der Waals surface area contributed by atoms with Gasteiger partial charge in [0.15, 0.2) is 11.4 Å². The molecule has 1 amide bonds. The Labute approximate surface area is 187 Å². The van der Waals surface area contributed by atoms with Gasteiger partial charge in [0.1, 0.15) is 0 Å². The van der Waals surface area contributed by atoms with Gasteiger partial charge in [0.05, 0.1) is 11.0 Å². The molecule has 1 fully saturated rings. The van der Waals surface area contributed by atoms with E-state index >= 15 is 0 Å². The number of carbonyl (C=O) groups excluding carboxylic acids is 1. The molecule has 1 aliphatic rings. The number of benzene rings is 3. The first-order chi connectivity index (χ1) is 15.6. The van der Waals surface area contributed by atoms with Crippen LogP contribution in [0, 0.1) is 0 Å². The highest BCUT2D eigenvalue weighted by Crippen LogP contribution is 2.37. The lowest BCUT2D eigenvalue weighted by molar-refractivity contribution is 0.0917. The van der Waals surface area contributed by atoms with Crippen molar-refractivity contribution in [2.24, 2.45) is 0 Å². The van der Waals surface area contributed by atoms with E-state index in [1.165, 1.54) is 6.42 Å². The number of imidazole rings is 1. The fourth-order valence-corrected chi connectivity index (χ4v) is 4.47. The average molecular weight is 426 g/mol. The summed E-state index contributed by atoms with van der Waals surface area (Å²) in [6.45, 7) is 2.64. The summed E-state index contributed by atoms with van der Waals surface area (Å²) in [5, 5.41) is 15.3. The molecule has 0 bridgehead atoms. The molecule has 2 N–H and O–H groups in total. The van der Waals surface area contributed by atoms with Crippen LogP contribution in [0.5, 0.6) is 0 Å². The molecule has 5 nitrogen and oxygen atoms in total. The van der Waals surface area contributed by atoms with Crippen molar-refractivity contribution in [2.45, 2.75) is 44.4 Å². The molecule has 0 aliphatic heterocycles. The van der Waals surface area contributed by atoms with Crippen LogP contribution in [-0.4, -0.2) is 26.6 Å². The van der Waals surface area contributed by atoms with Gasteiger partial charge in [-0.3, -0.25) is 4.79 Å². The third kappa shape index (κ3) is 3.39. The number of hydrogen-bond acceptors (Lipinski definition) is 3. The number of amides is 1. The maximum atomic E-state index is 12.7. The second-order valence-corrected chi connectivity index (χ2v) is 8.43. The van der Waals surface area contributed by atoms with E-state index in [4.69, 9.17) is 4.98 Å². The Kier molecular flexibility index (Phi) is 5.27. The first kappa shape index (κ1) is 20.5. The summed E-state index contributed by atoms with van der Waals surface area (Å²) >= 11 is 0. The van der Waals surface area contributed by atoms with E-state index in [0.29, 0.717) is 17.9 Å². The van der Waals surface area contributed by atoms with Gasteiger partial charge in [0.25, 0.3) is 5.91 Å². The number of aromatic nitrogens is 2. The van der Waals surface area contributed by atoms with E-state index in [9.17, 15) is 9.90 Å². The summed E-state index contributed by atoms with van der Waals surface area (Å²) < 4.78 is 2.01. The van der Waals surface area contributed by atoms with Gasteiger partial charge >= 0.3 is 0 Å². The van der Waals surface area contributed by atoms with E-state index in [1.807, 2.05) is 90.4 Å². The maximum absolute atomic E-state index is 12.7. The number of aliphatic hydroxyl groups is 1. The molecule has 5 heteroatoms. The van der Waals surface area contributed by atoms with Crippen molar-refractivity contribution in [3.05, 3.63) is 101 Å². The number of nitrogens with zero attached hydrogens (tertiary/aromatic N) is 2. The van der Waals surface area contributed by atoms with Gasteiger partial charge in [-0.25, -0.2) is 4.98 Å². The first-order valence-electron chi connectivity index (χ1n) is 11.3. The summed E-state index contributed by atoms with van der Waals surface area (Å²) in [4.78, 5) is 17.6. The number of hydrogen-bond donors (Lipinski definition) is 2. The summed E-state index contributed by atoms with van der Waals surface area (Å²) in [5.74, 6) is 0.493. The van der Waals surface area contributed by atoms with Crippen molar-refractivity contribution in [2.75, 3.05) is 0 Å². The van der Waals surface area contributed by atoms with E-state index in [1.54, 1.807) is 0 Å².